The number of nitrogens with one attached hydrogen (secondary N) is 1. The Balaban J connectivity index is 1.19. The summed E-state index contributed by atoms with van der Waals surface area (Å²) in [5.41, 5.74) is 3.18. The van der Waals surface area contributed by atoms with Gasteiger partial charge in [0.1, 0.15) is 5.82 Å². The number of aromatic nitrogens is 3. The van der Waals surface area contributed by atoms with E-state index < -0.39 is 5.97 Å². The molecule has 2 aliphatic rings. The minimum absolute atomic E-state index is 0.0462. The topological polar surface area (TPSA) is 120 Å². The average Bonchev–Trinajstić information content (AvgIpc) is 3.47. The number of carboxylic acid groups (broad SMARTS) is 1. The van der Waals surface area contributed by atoms with Crippen LogP contribution >= 0.6 is 0 Å². The predicted molar refractivity (Wildman–Crippen MR) is 119 cm³/mol. The number of aliphatic carboxylic acids is 1. The van der Waals surface area contributed by atoms with Crippen LogP contribution in [-0.2, 0) is 30.5 Å². The van der Waals surface area contributed by atoms with E-state index in [2.05, 4.69) is 27.6 Å². The van der Waals surface area contributed by atoms with E-state index in [1.807, 2.05) is 12.1 Å². The molecule has 0 saturated heterocycles. The van der Waals surface area contributed by atoms with Crippen LogP contribution in [0, 0.1) is 0 Å². The monoisotopic (exact) mass is 450 g/mol. The molecule has 0 saturated carbocycles. The highest BCUT2D eigenvalue weighted by Crippen LogP contribution is 2.36. The number of hydrogen-bond donors (Lipinski definition) is 2. The van der Waals surface area contributed by atoms with Gasteiger partial charge in [0, 0.05) is 31.0 Å². The Morgan fingerprint density at radius 3 is 2.94 bits per heavy atom. The number of aryl methyl sites for hydroxylation is 3. The summed E-state index contributed by atoms with van der Waals surface area (Å²) in [5, 5.41) is 16.8. The lowest BCUT2D eigenvalue weighted by Crippen LogP contribution is -2.14. The van der Waals surface area contributed by atoms with Crippen molar-refractivity contribution in [1.29, 1.82) is 0 Å². The Kier molecular flexibility index (Phi) is 6.10. The number of anilines is 1. The molecule has 0 spiro atoms. The molecule has 2 N–H and O–H groups in total. The fourth-order valence-electron chi connectivity index (χ4n) is 4.31. The number of fused-ring (bicyclic) bond motifs is 2. The van der Waals surface area contributed by atoms with Gasteiger partial charge in [-0.3, -0.25) is 4.79 Å². The summed E-state index contributed by atoms with van der Waals surface area (Å²) >= 11 is 0. The minimum Gasteiger partial charge on any atom is -0.481 e. The zero-order valence-electron chi connectivity index (χ0n) is 18.2. The van der Waals surface area contributed by atoms with E-state index in [1.165, 1.54) is 5.56 Å². The molecule has 1 unspecified atom stereocenters. The number of rotatable bonds is 9. The van der Waals surface area contributed by atoms with Crippen LogP contribution in [0.15, 0.2) is 34.9 Å². The maximum absolute atomic E-state index is 11.4. The molecule has 1 aromatic carbocycles. The van der Waals surface area contributed by atoms with Crippen molar-refractivity contribution < 1.29 is 23.9 Å². The number of ether oxygens (including phenoxy) is 2. The van der Waals surface area contributed by atoms with Crippen molar-refractivity contribution in [3.05, 3.63) is 58.9 Å². The second-order valence-electron chi connectivity index (χ2n) is 8.41. The lowest BCUT2D eigenvalue weighted by Gasteiger charge is -2.17. The van der Waals surface area contributed by atoms with Crippen molar-refractivity contribution in [1.82, 2.24) is 15.1 Å². The molecule has 0 fully saturated rings. The zero-order chi connectivity index (χ0) is 22.6. The van der Waals surface area contributed by atoms with E-state index in [0.717, 1.165) is 49.3 Å². The zero-order valence-corrected chi connectivity index (χ0v) is 18.2. The molecule has 172 valence electrons. The quantitative estimate of drug-likeness (QED) is 0.504. The van der Waals surface area contributed by atoms with Gasteiger partial charge in [-0.1, -0.05) is 17.3 Å². The maximum Gasteiger partial charge on any atom is 0.303 e. The largest absolute Gasteiger partial charge is 0.481 e. The molecule has 9 nitrogen and oxygen atoms in total. The van der Waals surface area contributed by atoms with Crippen LogP contribution < -0.4 is 14.8 Å². The van der Waals surface area contributed by atoms with Crippen molar-refractivity contribution in [2.24, 2.45) is 0 Å². The van der Waals surface area contributed by atoms with Crippen molar-refractivity contribution in [2.75, 3.05) is 18.7 Å². The summed E-state index contributed by atoms with van der Waals surface area (Å²) in [6.45, 7) is 1.15. The van der Waals surface area contributed by atoms with Gasteiger partial charge in [-0.25, -0.2) is 4.98 Å². The molecule has 5 rings (SSSR count). The van der Waals surface area contributed by atoms with Crippen LogP contribution in [0.3, 0.4) is 0 Å². The van der Waals surface area contributed by atoms with Crippen LogP contribution in [0.1, 0.15) is 53.7 Å². The Morgan fingerprint density at radius 1 is 1.12 bits per heavy atom. The van der Waals surface area contributed by atoms with Crippen LogP contribution in [0.2, 0.25) is 0 Å². The first kappa shape index (κ1) is 21.2. The van der Waals surface area contributed by atoms with Gasteiger partial charge in [0.05, 0.1) is 6.42 Å². The standard InChI is InChI=1S/C24H26N4O5/c29-23(30)13-17(16-7-9-19-20(11-16)32-14-31-19)12-22-27-21(28-33-22)5-1-4-18-8-6-15-3-2-10-25-24(15)26-18/h6-9,11,17H,1-5,10,12-14H2,(H,25,26)(H,29,30). The van der Waals surface area contributed by atoms with E-state index in [1.54, 1.807) is 6.07 Å². The molecule has 1 atom stereocenters. The lowest BCUT2D eigenvalue weighted by atomic mass is 9.92. The first-order valence-corrected chi connectivity index (χ1v) is 11.3. The summed E-state index contributed by atoms with van der Waals surface area (Å²) in [6, 6.07) is 9.74. The number of benzene rings is 1. The van der Waals surface area contributed by atoms with Gasteiger partial charge in [-0.15, -0.1) is 0 Å². The van der Waals surface area contributed by atoms with Gasteiger partial charge in [-0.05, 0) is 55.0 Å². The van der Waals surface area contributed by atoms with Crippen molar-refractivity contribution >= 4 is 11.8 Å². The fraction of sp³-hybridized carbons (Fsp3) is 0.417. The normalized spacial score (nSPS) is 15.0. The van der Waals surface area contributed by atoms with E-state index in [4.69, 9.17) is 19.0 Å². The number of pyridine rings is 1. The van der Waals surface area contributed by atoms with Gasteiger partial charge in [0.25, 0.3) is 0 Å². The van der Waals surface area contributed by atoms with Gasteiger partial charge < -0.3 is 24.4 Å². The summed E-state index contributed by atoms with van der Waals surface area (Å²) in [5.74, 6) is 2.17. The summed E-state index contributed by atoms with van der Waals surface area (Å²) in [4.78, 5) is 20.7. The molecule has 2 aromatic heterocycles. The lowest BCUT2D eigenvalue weighted by molar-refractivity contribution is -0.137. The third-order valence-electron chi connectivity index (χ3n) is 6.01. The Morgan fingerprint density at radius 2 is 2.03 bits per heavy atom. The van der Waals surface area contributed by atoms with Gasteiger partial charge in [-0.2, -0.15) is 4.98 Å². The third-order valence-corrected chi connectivity index (χ3v) is 6.01. The number of carbonyl (C=O) groups is 1. The molecule has 0 aliphatic carbocycles. The summed E-state index contributed by atoms with van der Waals surface area (Å²) < 4.78 is 16.2. The molecule has 0 bridgehead atoms. The third kappa shape index (κ3) is 5.08. The number of hydrogen-bond acceptors (Lipinski definition) is 8. The highest BCUT2D eigenvalue weighted by molar-refractivity contribution is 5.68. The molecule has 4 heterocycles. The van der Waals surface area contributed by atoms with Gasteiger partial charge in [0.2, 0.25) is 12.7 Å². The number of nitrogens with zero attached hydrogens (tertiary/aromatic N) is 3. The molecule has 3 aromatic rings. The van der Waals surface area contributed by atoms with E-state index >= 15 is 0 Å². The molecular weight excluding hydrogens is 424 g/mol. The molecule has 33 heavy (non-hydrogen) atoms. The summed E-state index contributed by atoms with van der Waals surface area (Å²) in [6.07, 6.45) is 4.88. The van der Waals surface area contributed by atoms with Gasteiger partial charge in [0.15, 0.2) is 17.3 Å². The molecule has 0 radical (unpaired) electrons. The molecule has 9 heteroatoms. The second-order valence-corrected chi connectivity index (χ2v) is 8.41. The molecule has 0 amide bonds. The van der Waals surface area contributed by atoms with Crippen LogP contribution in [-0.4, -0.2) is 39.5 Å². The van der Waals surface area contributed by atoms with E-state index in [9.17, 15) is 9.90 Å². The highest BCUT2D eigenvalue weighted by Gasteiger charge is 2.23. The van der Waals surface area contributed by atoms with Gasteiger partial charge >= 0.3 is 5.97 Å². The smallest absolute Gasteiger partial charge is 0.303 e. The minimum atomic E-state index is -0.885. The average molecular weight is 450 g/mol. The van der Waals surface area contributed by atoms with E-state index in [-0.39, 0.29) is 19.1 Å². The van der Waals surface area contributed by atoms with Crippen LogP contribution in [0.25, 0.3) is 0 Å². The predicted octanol–water partition coefficient (Wildman–Crippen LogP) is 3.53. The maximum atomic E-state index is 11.4. The highest BCUT2D eigenvalue weighted by atomic mass is 16.7. The van der Waals surface area contributed by atoms with Crippen molar-refractivity contribution in [2.45, 2.75) is 50.9 Å². The van der Waals surface area contributed by atoms with E-state index in [0.29, 0.717) is 36.1 Å². The van der Waals surface area contributed by atoms with Crippen LogP contribution in [0.5, 0.6) is 11.5 Å². The Hall–Kier alpha value is -3.62. The fourth-order valence-corrected chi connectivity index (χ4v) is 4.31. The molecular formula is C24H26N4O5. The molecule has 2 aliphatic heterocycles. The second kappa shape index (κ2) is 9.48. The van der Waals surface area contributed by atoms with Crippen molar-refractivity contribution in [3.63, 3.8) is 0 Å². The Labute approximate surface area is 191 Å². The number of carboxylic acids is 1. The van der Waals surface area contributed by atoms with Crippen LogP contribution in [0.4, 0.5) is 5.82 Å². The first-order valence-electron chi connectivity index (χ1n) is 11.3. The summed E-state index contributed by atoms with van der Waals surface area (Å²) in [7, 11) is 0. The van der Waals surface area contributed by atoms with Crippen molar-refractivity contribution in [3.8, 4) is 11.5 Å². The SMILES string of the molecule is O=C(O)CC(Cc1nc(CCCc2ccc3c(n2)NCCC3)no1)c1ccc2c(c1)OCO2. The Bertz CT molecular complexity index is 1150. The first-order chi connectivity index (χ1) is 16.1.